The first kappa shape index (κ1) is 22.9. The van der Waals surface area contributed by atoms with Crippen LogP contribution in [0.3, 0.4) is 0 Å². The predicted octanol–water partition coefficient (Wildman–Crippen LogP) is 4.39. The fourth-order valence-electron chi connectivity index (χ4n) is 3.79. The van der Waals surface area contributed by atoms with Gasteiger partial charge in [0.2, 0.25) is 0 Å². The van der Waals surface area contributed by atoms with E-state index in [4.69, 9.17) is 4.74 Å². The summed E-state index contributed by atoms with van der Waals surface area (Å²) in [4.78, 5) is 17.5. The minimum absolute atomic E-state index is 0.00778. The zero-order chi connectivity index (χ0) is 20.6. The van der Waals surface area contributed by atoms with E-state index in [0.29, 0.717) is 0 Å². The SMILES string of the molecule is CCN(CC)Sc1ccc(SN2CCCC(C(=O)OC3CCN(C)CC3)C2)cc1. The van der Waals surface area contributed by atoms with Gasteiger partial charge in [-0.25, -0.2) is 8.61 Å². The van der Waals surface area contributed by atoms with Crippen molar-refractivity contribution in [3.63, 3.8) is 0 Å². The quantitative estimate of drug-likeness (QED) is 0.441. The van der Waals surface area contributed by atoms with Gasteiger partial charge in [0, 0.05) is 49.1 Å². The molecule has 0 saturated carbocycles. The molecule has 2 heterocycles. The van der Waals surface area contributed by atoms with E-state index in [1.165, 1.54) is 9.79 Å². The monoisotopic (exact) mass is 437 g/mol. The van der Waals surface area contributed by atoms with E-state index in [1.807, 2.05) is 11.9 Å². The average Bonchev–Trinajstić information content (AvgIpc) is 2.75. The average molecular weight is 438 g/mol. The number of hydrogen-bond donors (Lipinski definition) is 0. The van der Waals surface area contributed by atoms with Gasteiger partial charge in [0.15, 0.2) is 0 Å². The Morgan fingerprint density at radius 1 is 1.07 bits per heavy atom. The van der Waals surface area contributed by atoms with Crippen LogP contribution in [0.1, 0.15) is 39.5 Å². The van der Waals surface area contributed by atoms with E-state index in [2.05, 4.69) is 58.7 Å². The number of ether oxygens (including phenoxy) is 1. The van der Waals surface area contributed by atoms with E-state index in [1.54, 1.807) is 11.9 Å². The molecule has 2 saturated heterocycles. The number of hydrogen-bond acceptors (Lipinski definition) is 7. The molecular weight excluding hydrogens is 402 g/mol. The molecule has 1 unspecified atom stereocenters. The summed E-state index contributed by atoms with van der Waals surface area (Å²) >= 11 is 3.58. The zero-order valence-corrected chi connectivity index (χ0v) is 19.6. The summed E-state index contributed by atoms with van der Waals surface area (Å²) in [6, 6.07) is 8.77. The van der Waals surface area contributed by atoms with Crippen molar-refractivity contribution < 1.29 is 9.53 Å². The summed E-state index contributed by atoms with van der Waals surface area (Å²) in [5.41, 5.74) is 0. The number of esters is 1. The number of nitrogens with zero attached hydrogens (tertiary/aromatic N) is 3. The van der Waals surface area contributed by atoms with E-state index >= 15 is 0 Å². The number of rotatable bonds is 8. The summed E-state index contributed by atoms with van der Waals surface area (Å²) < 4.78 is 10.5. The number of likely N-dealkylation sites (tertiary alicyclic amines) is 1. The lowest BCUT2D eigenvalue weighted by Crippen LogP contribution is -2.40. The molecule has 1 aromatic rings. The Morgan fingerprint density at radius 2 is 1.72 bits per heavy atom. The van der Waals surface area contributed by atoms with E-state index in [-0.39, 0.29) is 18.0 Å². The third-order valence-electron chi connectivity index (χ3n) is 5.66. The maximum absolute atomic E-state index is 12.7. The van der Waals surface area contributed by atoms with Crippen molar-refractivity contribution in [1.82, 2.24) is 13.5 Å². The second kappa shape index (κ2) is 11.6. The van der Waals surface area contributed by atoms with Crippen LogP contribution in [0.15, 0.2) is 34.1 Å². The third kappa shape index (κ3) is 7.17. The molecule has 7 heteroatoms. The van der Waals surface area contributed by atoms with Gasteiger partial charge in [-0.15, -0.1) is 0 Å². The van der Waals surface area contributed by atoms with Gasteiger partial charge in [0.05, 0.1) is 5.92 Å². The minimum atomic E-state index is 0.00778. The molecule has 3 rings (SSSR count). The fraction of sp³-hybridized carbons (Fsp3) is 0.682. The van der Waals surface area contributed by atoms with Crippen LogP contribution in [0.5, 0.6) is 0 Å². The highest BCUT2D eigenvalue weighted by atomic mass is 32.2. The van der Waals surface area contributed by atoms with Crippen LogP contribution in [0, 0.1) is 5.92 Å². The summed E-state index contributed by atoms with van der Waals surface area (Å²) in [7, 11) is 2.13. The van der Waals surface area contributed by atoms with Crippen LogP contribution in [0.4, 0.5) is 0 Å². The molecule has 1 aromatic carbocycles. The van der Waals surface area contributed by atoms with Gasteiger partial charge in [0.1, 0.15) is 6.10 Å². The first-order chi connectivity index (χ1) is 14.1. The third-order valence-corrected chi connectivity index (χ3v) is 7.99. The second-order valence-electron chi connectivity index (χ2n) is 7.93. The highest BCUT2D eigenvalue weighted by Crippen LogP contribution is 2.31. The highest BCUT2D eigenvalue weighted by Gasteiger charge is 2.30. The Bertz CT molecular complexity index is 631. The van der Waals surface area contributed by atoms with E-state index < -0.39 is 0 Å². The van der Waals surface area contributed by atoms with Crippen molar-refractivity contribution in [1.29, 1.82) is 0 Å². The van der Waals surface area contributed by atoms with E-state index in [0.717, 1.165) is 65.0 Å². The maximum atomic E-state index is 12.7. The molecule has 0 aromatic heterocycles. The summed E-state index contributed by atoms with van der Waals surface area (Å²) in [6.45, 7) is 10.3. The van der Waals surface area contributed by atoms with Crippen molar-refractivity contribution in [3.8, 4) is 0 Å². The first-order valence-electron chi connectivity index (χ1n) is 10.9. The molecule has 162 valence electrons. The number of piperidine rings is 2. The van der Waals surface area contributed by atoms with Crippen molar-refractivity contribution in [2.24, 2.45) is 5.92 Å². The Hall–Kier alpha value is -0.730. The number of benzene rings is 1. The molecule has 29 heavy (non-hydrogen) atoms. The Morgan fingerprint density at radius 3 is 2.38 bits per heavy atom. The highest BCUT2D eigenvalue weighted by molar-refractivity contribution is 7.97. The largest absolute Gasteiger partial charge is 0.462 e. The topological polar surface area (TPSA) is 36.0 Å². The lowest BCUT2D eigenvalue weighted by molar-refractivity contribution is -0.157. The molecule has 0 N–H and O–H groups in total. The molecule has 0 radical (unpaired) electrons. The van der Waals surface area contributed by atoms with Crippen LogP contribution in [-0.4, -0.2) is 71.9 Å². The second-order valence-corrected chi connectivity index (χ2v) is 10.3. The van der Waals surface area contributed by atoms with Crippen molar-refractivity contribution in [2.75, 3.05) is 46.3 Å². The maximum Gasteiger partial charge on any atom is 0.310 e. The van der Waals surface area contributed by atoms with Gasteiger partial charge >= 0.3 is 5.97 Å². The standard InChI is InChI=1S/C22H35N3O2S2/c1-4-24(5-2)28-20-8-10-21(11-9-20)29-25-14-6-7-18(17-25)22(26)27-19-12-15-23(3)16-13-19/h8-11,18-19H,4-7,12-17H2,1-3H3. The van der Waals surface area contributed by atoms with Gasteiger partial charge in [-0.05, 0) is 80.9 Å². The molecular formula is C22H35N3O2S2. The lowest BCUT2D eigenvalue weighted by atomic mass is 9.99. The fourth-order valence-corrected chi connectivity index (χ4v) is 5.64. The Labute approximate surface area is 184 Å². The van der Waals surface area contributed by atoms with Crippen molar-refractivity contribution >= 4 is 29.9 Å². The van der Waals surface area contributed by atoms with Gasteiger partial charge in [-0.2, -0.15) is 0 Å². The first-order valence-corrected chi connectivity index (χ1v) is 12.5. The molecule has 2 fully saturated rings. The van der Waals surface area contributed by atoms with Crippen LogP contribution in [-0.2, 0) is 9.53 Å². The summed E-state index contributed by atoms with van der Waals surface area (Å²) in [6.07, 6.45) is 4.03. The molecule has 2 aliphatic heterocycles. The summed E-state index contributed by atoms with van der Waals surface area (Å²) in [5, 5.41) is 0. The molecule has 0 aliphatic carbocycles. The predicted molar refractivity (Wildman–Crippen MR) is 122 cm³/mol. The summed E-state index contributed by atoms with van der Waals surface area (Å²) in [5.74, 6) is 0.0178. The molecule has 0 bridgehead atoms. The smallest absolute Gasteiger partial charge is 0.310 e. The normalized spacial score (nSPS) is 22.1. The minimum Gasteiger partial charge on any atom is -0.462 e. The van der Waals surface area contributed by atoms with Gasteiger partial charge in [-0.1, -0.05) is 13.8 Å². The number of carbonyl (C=O) groups excluding carboxylic acids is 1. The Kier molecular flexibility index (Phi) is 9.18. The van der Waals surface area contributed by atoms with Crippen LogP contribution < -0.4 is 0 Å². The molecule has 1 atom stereocenters. The zero-order valence-electron chi connectivity index (χ0n) is 18.0. The van der Waals surface area contributed by atoms with Gasteiger partial charge in [-0.3, -0.25) is 4.79 Å². The van der Waals surface area contributed by atoms with Crippen LogP contribution >= 0.6 is 23.9 Å². The van der Waals surface area contributed by atoms with Crippen molar-refractivity contribution in [2.45, 2.75) is 55.4 Å². The van der Waals surface area contributed by atoms with E-state index in [9.17, 15) is 4.79 Å². The molecule has 2 aliphatic rings. The lowest BCUT2D eigenvalue weighted by Gasteiger charge is -2.33. The molecule has 0 spiro atoms. The van der Waals surface area contributed by atoms with Gasteiger partial charge < -0.3 is 9.64 Å². The van der Waals surface area contributed by atoms with Gasteiger partial charge in [0.25, 0.3) is 0 Å². The van der Waals surface area contributed by atoms with Crippen LogP contribution in [0.2, 0.25) is 0 Å². The molecule has 0 amide bonds. The van der Waals surface area contributed by atoms with Crippen LogP contribution in [0.25, 0.3) is 0 Å². The Balaban J connectivity index is 1.47. The van der Waals surface area contributed by atoms with Crippen molar-refractivity contribution in [3.05, 3.63) is 24.3 Å². The molecule has 5 nitrogen and oxygen atoms in total. The number of carbonyl (C=O) groups is 1.